The summed E-state index contributed by atoms with van der Waals surface area (Å²) in [5.41, 5.74) is 2.63. The first-order valence-corrected chi connectivity index (χ1v) is 11.0. The Morgan fingerprint density at radius 1 is 1.19 bits per heavy atom. The zero-order valence-corrected chi connectivity index (χ0v) is 18.7. The number of hydrogen-bond acceptors (Lipinski definition) is 3. The van der Waals surface area contributed by atoms with Crippen molar-refractivity contribution in [1.82, 2.24) is 9.80 Å². The van der Waals surface area contributed by atoms with E-state index in [1.54, 1.807) is 17.0 Å². The van der Waals surface area contributed by atoms with E-state index in [-0.39, 0.29) is 23.5 Å². The van der Waals surface area contributed by atoms with Crippen molar-refractivity contribution in [2.24, 2.45) is 5.92 Å². The molecule has 8 heteroatoms. The van der Waals surface area contributed by atoms with Gasteiger partial charge in [-0.05, 0) is 37.1 Å². The molecule has 0 saturated carbocycles. The van der Waals surface area contributed by atoms with Crippen LogP contribution in [0, 0.1) is 11.7 Å². The molecule has 0 bridgehead atoms. The third-order valence-corrected chi connectivity index (χ3v) is 6.78. The maximum atomic E-state index is 13.5. The highest BCUT2D eigenvalue weighted by Gasteiger charge is 2.68. The second-order valence-electron chi connectivity index (χ2n) is 9.30. The van der Waals surface area contributed by atoms with Gasteiger partial charge in [0.05, 0.1) is 0 Å². The van der Waals surface area contributed by atoms with Crippen LogP contribution in [0.15, 0.2) is 47.8 Å². The standard InChI is InChI=1S/C24H27FN4O3/c1-14(2)18-11-19(16-5-7-17(25)8-6-16)27-12-20-23(32)28-10-9-26(22(31)15(3)30)13-24(28,4)29(20)21(18)27/h5-8,11-12,14-15,30H,9-10,13H2,1-4H3/q+2. The van der Waals surface area contributed by atoms with Gasteiger partial charge in [0.2, 0.25) is 5.71 Å². The molecule has 5 rings (SSSR count). The van der Waals surface area contributed by atoms with Crippen LogP contribution in [-0.2, 0) is 9.59 Å². The van der Waals surface area contributed by atoms with Crippen LogP contribution in [-0.4, -0.2) is 78.8 Å². The van der Waals surface area contributed by atoms with E-state index in [2.05, 4.69) is 19.9 Å². The number of nitrogens with zero attached hydrogens (tertiary/aromatic N) is 4. The number of fused-ring (bicyclic) bond motifs is 4. The first-order chi connectivity index (χ1) is 15.1. The molecule has 1 aromatic rings. The summed E-state index contributed by atoms with van der Waals surface area (Å²) >= 11 is 0. The van der Waals surface area contributed by atoms with Crippen molar-refractivity contribution in [3.8, 4) is 0 Å². The minimum atomic E-state index is -1.09. The number of amides is 2. The van der Waals surface area contributed by atoms with E-state index in [1.807, 2.05) is 27.2 Å². The predicted octanol–water partition coefficient (Wildman–Crippen LogP) is 1.27. The van der Waals surface area contributed by atoms with E-state index < -0.39 is 11.8 Å². The molecule has 2 unspecified atom stereocenters. The van der Waals surface area contributed by atoms with E-state index in [1.165, 1.54) is 19.1 Å². The average Bonchev–Trinajstić information content (AvgIpc) is 3.36. The highest BCUT2D eigenvalue weighted by atomic mass is 19.1. The van der Waals surface area contributed by atoms with Crippen molar-refractivity contribution in [3.63, 3.8) is 0 Å². The number of benzene rings is 1. The van der Waals surface area contributed by atoms with Crippen LogP contribution in [0.5, 0.6) is 0 Å². The molecule has 4 aliphatic heterocycles. The molecule has 2 saturated heterocycles. The molecule has 0 aromatic heterocycles. The van der Waals surface area contributed by atoms with E-state index in [4.69, 9.17) is 0 Å². The molecule has 32 heavy (non-hydrogen) atoms. The summed E-state index contributed by atoms with van der Waals surface area (Å²) in [6.07, 6.45) is 2.86. The molecule has 2 amide bonds. The van der Waals surface area contributed by atoms with E-state index in [0.29, 0.717) is 25.3 Å². The number of aliphatic hydroxyl groups excluding tert-OH is 1. The van der Waals surface area contributed by atoms with Gasteiger partial charge in [-0.1, -0.05) is 23.0 Å². The molecule has 2 fully saturated rings. The van der Waals surface area contributed by atoms with Gasteiger partial charge in [0.25, 0.3) is 17.8 Å². The molecular formula is C24H27FN4O3+2. The van der Waals surface area contributed by atoms with E-state index in [0.717, 1.165) is 22.7 Å². The van der Waals surface area contributed by atoms with Gasteiger partial charge in [0, 0.05) is 31.7 Å². The number of piperazine rings is 1. The smallest absolute Gasteiger partial charge is 0.384 e. The first-order valence-electron chi connectivity index (χ1n) is 11.0. The quantitative estimate of drug-likeness (QED) is 0.723. The molecule has 4 heterocycles. The van der Waals surface area contributed by atoms with Crippen molar-refractivity contribution < 1.29 is 28.2 Å². The monoisotopic (exact) mass is 438 g/mol. The zero-order chi connectivity index (χ0) is 22.9. The average molecular weight is 439 g/mol. The van der Waals surface area contributed by atoms with Crippen LogP contribution < -0.4 is 0 Å². The second-order valence-corrected chi connectivity index (χ2v) is 9.30. The van der Waals surface area contributed by atoms with Crippen LogP contribution in [0.2, 0.25) is 0 Å². The number of carbonyl (C=O) groups excluding carboxylic acids is 2. The van der Waals surface area contributed by atoms with Gasteiger partial charge in [0.1, 0.15) is 24.0 Å². The maximum absolute atomic E-state index is 13.5. The summed E-state index contributed by atoms with van der Waals surface area (Å²) < 4.78 is 17.6. The van der Waals surface area contributed by atoms with Crippen molar-refractivity contribution in [1.29, 1.82) is 0 Å². The Balaban J connectivity index is 1.68. The number of halogens is 1. The molecule has 1 N–H and O–H groups in total. The topological polar surface area (TPSA) is 66.9 Å². The Bertz CT molecular complexity index is 1180. The van der Waals surface area contributed by atoms with Crippen LogP contribution in [0.3, 0.4) is 0 Å². The summed E-state index contributed by atoms with van der Waals surface area (Å²) in [7, 11) is 0. The van der Waals surface area contributed by atoms with Gasteiger partial charge < -0.3 is 10.0 Å². The number of allylic oxidation sites excluding steroid dienone is 1. The molecule has 4 aliphatic rings. The molecular weight excluding hydrogens is 411 g/mol. The van der Waals surface area contributed by atoms with Crippen molar-refractivity contribution in [3.05, 3.63) is 59.2 Å². The lowest BCUT2D eigenvalue weighted by Gasteiger charge is -2.40. The van der Waals surface area contributed by atoms with Crippen LogP contribution in [0.4, 0.5) is 4.39 Å². The number of carbonyl (C=O) groups is 2. The minimum Gasteiger partial charge on any atom is -0.384 e. The Morgan fingerprint density at radius 2 is 1.88 bits per heavy atom. The van der Waals surface area contributed by atoms with Gasteiger partial charge in [-0.25, -0.2) is 4.39 Å². The second kappa shape index (κ2) is 6.93. The van der Waals surface area contributed by atoms with Gasteiger partial charge in [-0.3, -0.25) is 14.5 Å². The third-order valence-electron chi connectivity index (χ3n) is 6.78. The van der Waals surface area contributed by atoms with Gasteiger partial charge in [-0.15, -0.1) is 0 Å². The van der Waals surface area contributed by atoms with Gasteiger partial charge in [-0.2, -0.15) is 0 Å². The molecule has 1 aromatic carbocycles. The first kappa shape index (κ1) is 20.8. The molecule has 0 spiro atoms. The van der Waals surface area contributed by atoms with E-state index in [9.17, 15) is 19.1 Å². The maximum Gasteiger partial charge on any atom is 0.456 e. The predicted molar refractivity (Wildman–Crippen MR) is 115 cm³/mol. The SMILES string of the molecule is CC(C)C1=CC(c2ccc(F)cc2)=[N+]2C=C3C(=O)N4CCN(C(=O)C(C)O)CC4(C)[N+]3=C12. The lowest BCUT2D eigenvalue weighted by Crippen LogP contribution is -2.64. The fourth-order valence-electron chi connectivity index (χ4n) is 5.19. The molecule has 0 aliphatic carbocycles. The summed E-state index contributed by atoms with van der Waals surface area (Å²) in [5.74, 6) is 0.388. The van der Waals surface area contributed by atoms with Crippen molar-refractivity contribution in [2.45, 2.75) is 39.5 Å². The van der Waals surface area contributed by atoms with E-state index >= 15 is 0 Å². The van der Waals surface area contributed by atoms with Gasteiger partial charge in [0.15, 0.2) is 0 Å². The Hall–Kier alpha value is -3.13. The zero-order valence-electron chi connectivity index (χ0n) is 18.7. The normalized spacial score (nSPS) is 25.3. The summed E-state index contributed by atoms with van der Waals surface area (Å²) in [4.78, 5) is 29.4. The van der Waals surface area contributed by atoms with Gasteiger partial charge >= 0.3 is 17.4 Å². The highest BCUT2D eigenvalue weighted by molar-refractivity contribution is 6.17. The fourth-order valence-corrected chi connectivity index (χ4v) is 5.19. The Labute approximate surface area is 186 Å². The number of amidine groups is 1. The molecule has 166 valence electrons. The fraction of sp³-hybridized carbons (Fsp3) is 0.417. The largest absolute Gasteiger partial charge is 0.456 e. The number of aliphatic hydroxyl groups is 1. The number of rotatable bonds is 3. The molecule has 2 atom stereocenters. The lowest BCUT2D eigenvalue weighted by molar-refractivity contribution is -0.580. The molecule has 7 nitrogen and oxygen atoms in total. The van der Waals surface area contributed by atoms with Crippen LogP contribution in [0.25, 0.3) is 0 Å². The molecule has 0 radical (unpaired) electrons. The van der Waals surface area contributed by atoms with Crippen LogP contribution >= 0.6 is 0 Å². The highest BCUT2D eigenvalue weighted by Crippen LogP contribution is 2.39. The summed E-state index contributed by atoms with van der Waals surface area (Å²) in [6, 6.07) is 6.35. The third kappa shape index (κ3) is 2.75. The Morgan fingerprint density at radius 3 is 2.50 bits per heavy atom. The Kier molecular flexibility index (Phi) is 4.50. The van der Waals surface area contributed by atoms with Crippen molar-refractivity contribution in [2.75, 3.05) is 19.6 Å². The van der Waals surface area contributed by atoms with Crippen LogP contribution in [0.1, 0.15) is 33.3 Å². The lowest BCUT2D eigenvalue weighted by atomic mass is 10.00. The number of hydrogen-bond donors (Lipinski definition) is 1. The summed E-state index contributed by atoms with van der Waals surface area (Å²) in [5, 5.41) is 9.83. The van der Waals surface area contributed by atoms with Crippen molar-refractivity contribution >= 4 is 23.4 Å². The summed E-state index contributed by atoms with van der Waals surface area (Å²) in [6.45, 7) is 8.74. The minimum absolute atomic E-state index is 0.0693.